The summed E-state index contributed by atoms with van der Waals surface area (Å²) in [7, 11) is 0. The van der Waals surface area contributed by atoms with Gasteiger partial charge in [-0.1, -0.05) is 53.5 Å². The highest BCUT2D eigenvalue weighted by Crippen LogP contribution is 2.12. The van der Waals surface area contributed by atoms with Gasteiger partial charge < -0.3 is 0 Å². The minimum atomic E-state index is -0.324. The first-order chi connectivity index (χ1) is 13.6. The van der Waals surface area contributed by atoms with Crippen molar-refractivity contribution in [2.24, 2.45) is 10.2 Å². The van der Waals surface area contributed by atoms with Gasteiger partial charge in [-0.2, -0.15) is 10.2 Å². The van der Waals surface area contributed by atoms with Crippen LogP contribution in [0.2, 0.25) is 10.0 Å². The van der Waals surface area contributed by atoms with Gasteiger partial charge in [0.25, 0.3) is 5.91 Å². The van der Waals surface area contributed by atoms with Crippen molar-refractivity contribution in [3.05, 3.63) is 99.5 Å². The van der Waals surface area contributed by atoms with Crippen molar-refractivity contribution < 1.29 is 4.79 Å². The van der Waals surface area contributed by atoms with Gasteiger partial charge in [-0.3, -0.25) is 10.2 Å². The summed E-state index contributed by atoms with van der Waals surface area (Å²) < 4.78 is 0. The molecule has 0 bridgehead atoms. The number of carbonyl (C=O) groups is 1. The number of rotatable bonds is 6. The third-order valence-corrected chi connectivity index (χ3v) is 4.16. The largest absolute Gasteiger partial charge is 0.278 e. The second-order valence-electron chi connectivity index (χ2n) is 5.75. The van der Waals surface area contributed by atoms with Gasteiger partial charge in [0.15, 0.2) is 0 Å². The lowest BCUT2D eigenvalue weighted by Crippen LogP contribution is -2.17. The van der Waals surface area contributed by atoms with Crippen molar-refractivity contribution in [2.75, 3.05) is 5.43 Å². The SMILES string of the molecule is O=C(N/N=C/c1ccc(Cl)cc1)c1cccc(N/N=C/c2ccc(Cl)cc2)c1. The number of amides is 1. The molecule has 7 heteroatoms. The van der Waals surface area contributed by atoms with E-state index in [9.17, 15) is 4.79 Å². The van der Waals surface area contributed by atoms with Crippen molar-refractivity contribution in [2.45, 2.75) is 0 Å². The average molecular weight is 411 g/mol. The summed E-state index contributed by atoms with van der Waals surface area (Å²) in [5, 5.41) is 9.43. The van der Waals surface area contributed by atoms with Crippen molar-refractivity contribution in [1.29, 1.82) is 0 Å². The van der Waals surface area contributed by atoms with Crippen LogP contribution < -0.4 is 10.9 Å². The normalized spacial score (nSPS) is 11.1. The minimum Gasteiger partial charge on any atom is -0.278 e. The zero-order chi connectivity index (χ0) is 19.8. The van der Waals surface area contributed by atoms with Gasteiger partial charge in [-0.25, -0.2) is 5.43 Å². The van der Waals surface area contributed by atoms with Gasteiger partial charge >= 0.3 is 0 Å². The molecular formula is C21H16Cl2N4O. The van der Waals surface area contributed by atoms with Crippen LogP contribution >= 0.6 is 23.2 Å². The fraction of sp³-hybridized carbons (Fsp3) is 0. The Morgan fingerprint density at radius 2 is 1.36 bits per heavy atom. The summed E-state index contributed by atoms with van der Waals surface area (Å²) >= 11 is 11.7. The summed E-state index contributed by atoms with van der Waals surface area (Å²) in [6.07, 6.45) is 3.21. The highest BCUT2D eigenvalue weighted by atomic mass is 35.5. The maximum atomic E-state index is 12.2. The molecule has 0 saturated carbocycles. The molecule has 3 aromatic rings. The molecule has 3 rings (SSSR count). The maximum absolute atomic E-state index is 12.2. The highest BCUT2D eigenvalue weighted by Gasteiger charge is 2.04. The average Bonchev–Trinajstić information content (AvgIpc) is 2.71. The van der Waals surface area contributed by atoms with Gasteiger partial charge in [-0.05, 0) is 53.6 Å². The van der Waals surface area contributed by atoms with E-state index in [0.717, 1.165) is 11.1 Å². The van der Waals surface area contributed by atoms with Crippen LogP contribution in [0.5, 0.6) is 0 Å². The van der Waals surface area contributed by atoms with E-state index in [2.05, 4.69) is 21.1 Å². The first-order valence-corrected chi connectivity index (χ1v) is 9.09. The van der Waals surface area contributed by atoms with E-state index < -0.39 is 0 Å². The molecule has 0 aliphatic carbocycles. The number of hydrogen-bond acceptors (Lipinski definition) is 4. The van der Waals surface area contributed by atoms with E-state index in [1.54, 1.807) is 67.0 Å². The molecule has 0 atom stereocenters. The lowest BCUT2D eigenvalue weighted by molar-refractivity contribution is 0.0955. The standard InChI is InChI=1S/C21H16Cl2N4O/c22-18-8-4-15(5-9-18)13-24-26-20-3-1-2-17(12-20)21(28)27-25-14-16-6-10-19(23)11-7-16/h1-14,26H,(H,27,28)/b24-13+,25-14+. The number of nitrogens with zero attached hydrogens (tertiary/aromatic N) is 2. The molecule has 5 nitrogen and oxygen atoms in total. The Labute approximate surface area is 172 Å². The molecule has 0 aromatic heterocycles. The van der Waals surface area contributed by atoms with Crippen LogP contribution in [0.3, 0.4) is 0 Å². The Bertz CT molecular complexity index is 1000. The molecule has 0 saturated heterocycles. The van der Waals surface area contributed by atoms with Crippen LogP contribution in [-0.4, -0.2) is 18.3 Å². The fourth-order valence-electron chi connectivity index (χ4n) is 2.24. The summed E-state index contributed by atoms with van der Waals surface area (Å²) in [4.78, 5) is 12.2. The van der Waals surface area contributed by atoms with Crippen LogP contribution in [0.15, 0.2) is 83.0 Å². The molecule has 3 aromatic carbocycles. The molecule has 0 aliphatic heterocycles. The number of carbonyl (C=O) groups excluding carboxylic acids is 1. The number of hydrogen-bond donors (Lipinski definition) is 2. The first-order valence-electron chi connectivity index (χ1n) is 8.34. The number of halogens is 2. The molecule has 0 spiro atoms. The predicted octanol–water partition coefficient (Wildman–Crippen LogP) is 5.20. The molecular weight excluding hydrogens is 395 g/mol. The molecule has 28 heavy (non-hydrogen) atoms. The Kier molecular flexibility index (Phi) is 6.78. The monoisotopic (exact) mass is 410 g/mol. The van der Waals surface area contributed by atoms with E-state index in [1.807, 2.05) is 18.2 Å². The minimum absolute atomic E-state index is 0.324. The van der Waals surface area contributed by atoms with E-state index in [4.69, 9.17) is 23.2 Å². The second kappa shape index (κ2) is 9.69. The van der Waals surface area contributed by atoms with E-state index >= 15 is 0 Å². The lowest BCUT2D eigenvalue weighted by Gasteiger charge is -2.04. The van der Waals surface area contributed by atoms with Crippen LogP contribution in [0.4, 0.5) is 5.69 Å². The zero-order valence-electron chi connectivity index (χ0n) is 14.6. The summed E-state index contributed by atoms with van der Waals surface area (Å²) in [5.41, 5.74) is 8.26. The smallest absolute Gasteiger partial charge is 0.271 e. The summed E-state index contributed by atoms with van der Waals surface area (Å²) in [6, 6.07) is 21.4. The molecule has 0 aliphatic rings. The predicted molar refractivity (Wildman–Crippen MR) is 116 cm³/mol. The lowest BCUT2D eigenvalue weighted by atomic mass is 10.2. The molecule has 140 valence electrons. The van der Waals surface area contributed by atoms with Crippen molar-refractivity contribution in [1.82, 2.24) is 5.43 Å². The molecule has 0 heterocycles. The number of nitrogens with one attached hydrogen (secondary N) is 2. The van der Waals surface area contributed by atoms with Crippen LogP contribution in [0.1, 0.15) is 21.5 Å². The summed E-state index contributed by atoms with van der Waals surface area (Å²) in [6.45, 7) is 0. The van der Waals surface area contributed by atoms with Gasteiger partial charge in [0.2, 0.25) is 0 Å². The Hall–Kier alpha value is -3.15. The van der Waals surface area contributed by atoms with Gasteiger partial charge in [-0.15, -0.1) is 0 Å². The third-order valence-electron chi connectivity index (χ3n) is 3.65. The van der Waals surface area contributed by atoms with Crippen LogP contribution in [0.25, 0.3) is 0 Å². The van der Waals surface area contributed by atoms with E-state index in [0.29, 0.717) is 21.3 Å². The van der Waals surface area contributed by atoms with Crippen molar-refractivity contribution in [3.63, 3.8) is 0 Å². The molecule has 1 amide bonds. The maximum Gasteiger partial charge on any atom is 0.271 e. The number of anilines is 1. The highest BCUT2D eigenvalue weighted by molar-refractivity contribution is 6.30. The van der Waals surface area contributed by atoms with E-state index in [1.165, 1.54) is 0 Å². The topological polar surface area (TPSA) is 65.8 Å². The van der Waals surface area contributed by atoms with Crippen molar-refractivity contribution >= 4 is 47.2 Å². The van der Waals surface area contributed by atoms with Crippen LogP contribution in [-0.2, 0) is 0 Å². The summed E-state index contributed by atoms with van der Waals surface area (Å²) in [5.74, 6) is -0.324. The molecule has 0 radical (unpaired) electrons. The van der Waals surface area contributed by atoms with Gasteiger partial charge in [0, 0.05) is 15.6 Å². The van der Waals surface area contributed by atoms with E-state index in [-0.39, 0.29) is 5.91 Å². The molecule has 0 unspecified atom stereocenters. The quantitative estimate of drug-likeness (QED) is 0.432. The van der Waals surface area contributed by atoms with Gasteiger partial charge in [0.05, 0.1) is 18.1 Å². The Morgan fingerprint density at radius 1 is 0.786 bits per heavy atom. The fourth-order valence-corrected chi connectivity index (χ4v) is 2.49. The third kappa shape index (κ3) is 5.94. The first kappa shape index (κ1) is 19.6. The number of hydrazone groups is 2. The molecule has 0 fully saturated rings. The Morgan fingerprint density at radius 3 is 1.96 bits per heavy atom. The van der Waals surface area contributed by atoms with Crippen molar-refractivity contribution in [3.8, 4) is 0 Å². The Balaban J connectivity index is 1.58. The van der Waals surface area contributed by atoms with Gasteiger partial charge in [0.1, 0.15) is 0 Å². The van der Waals surface area contributed by atoms with Crippen LogP contribution in [0, 0.1) is 0 Å². The second-order valence-corrected chi connectivity index (χ2v) is 6.63. The zero-order valence-corrected chi connectivity index (χ0v) is 16.2. The molecule has 2 N–H and O–H groups in total. The number of benzene rings is 3.